The van der Waals surface area contributed by atoms with E-state index in [4.69, 9.17) is 0 Å². The summed E-state index contributed by atoms with van der Waals surface area (Å²) in [6.07, 6.45) is 5.77. The number of hydrazone groups is 1. The van der Waals surface area contributed by atoms with Gasteiger partial charge in [0, 0.05) is 13.2 Å². The molecule has 1 heterocycles. The fourth-order valence-corrected chi connectivity index (χ4v) is 0.823. The topological polar surface area (TPSA) is 36.4 Å². The molecule has 0 bridgehead atoms. The lowest BCUT2D eigenvalue weighted by atomic mass is 10.3. The van der Waals surface area contributed by atoms with Gasteiger partial charge in [0.15, 0.2) is 0 Å². The van der Waals surface area contributed by atoms with Gasteiger partial charge in [-0.25, -0.2) is 0 Å². The summed E-state index contributed by atoms with van der Waals surface area (Å²) in [5.41, 5.74) is 4.73. The molecule has 0 radical (unpaired) electrons. The molecular formula is C7H11N3. The zero-order valence-electron chi connectivity index (χ0n) is 6.18. The maximum Gasteiger partial charge on any atom is 0.107 e. The molecule has 0 amide bonds. The van der Waals surface area contributed by atoms with Crippen LogP contribution < -0.4 is 10.7 Å². The van der Waals surface area contributed by atoms with E-state index in [9.17, 15) is 0 Å². The lowest BCUT2D eigenvalue weighted by Gasteiger charge is -1.97. The van der Waals surface area contributed by atoms with E-state index >= 15 is 0 Å². The molecule has 54 valence electrons. The third-order valence-electron chi connectivity index (χ3n) is 1.28. The van der Waals surface area contributed by atoms with E-state index in [2.05, 4.69) is 15.8 Å². The van der Waals surface area contributed by atoms with E-state index in [-0.39, 0.29) is 0 Å². The second kappa shape index (κ2) is 3.06. The second-order valence-electron chi connectivity index (χ2n) is 1.90. The van der Waals surface area contributed by atoms with Crippen LogP contribution in [0.4, 0.5) is 0 Å². The summed E-state index contributed by atoms with van der Waals surface area (Å²) in [6.45, 7) is 1.97. The van der Waals surface area contributed by atoms with Crippen LogP contribution in [0.2, 0.25) is 0 Å². The van der Waals surface area contributed by atoms with Crippen molar-refractivity contribution in [3.63, 3.8) is 0 Å². The number of allylic oxidation sites excluding steroid dienone is 2. The van der Waals surface area contributed by atoms with E-state index in [1.807, 2.05) is 25.3 Å². The van der Waals surface area contributed by atoms with Gasteiger partial charge in [0.1, 0.15) is 5.71 Å². The van der Waals surface area contributed by atoms with Gasteiger partial charge < -0.3 is 10.7 Å². The molecule has 0 spiro atoms. The molecule has 10 heavy (non-hydrogen) atoms. The molecule has 0 saturated heterocycles. The minimum absolute atomic E-state index is 0.949. The highest BCUT2D eigenvalue weighted by molar-refractivity contribution is 6.09. The summed E-state index contributed by atoms with van der Waals surface area (Å²) >= 11 is 0. The Hall–Kier alpha value is -1.25. The van der Waals surface area contributed by atoms with Crippen molar-refractivity contribution in [3.8, 4) is 0 Å². The Bertz CT molecular complexity index is 201. The fourth-order valence-electron chi connectivity index (χ4n) is 0.823. The van der Waals surface area contributed by atoms with Crippen molar-refractivity contribution >= 4 is 5.71 Å². The quantitative estimate of drug-likeness (QED) is 0.519. The van der Waals surface area contributed by atoms with Crippen LogP contribution in [-0.4, -0.2) is 12.8 Å². The molecule has 1 aliphatic heterocycles. The van der Waals surface area contributed by atoms with Crippen molar-refractivity contribution in [2.24, 2.45) is 5.10 Å². The number of nitrogens with one attached hydrogen (secondary N) is 2. The minimum atomic E-state index is 0.949. The highest BCUT2D eigenvalue weighted by Crippen LogP contribution is 2.01. The summed E-state index contributed by atoms with van der Waals surface area (Å²) in [6, 6.07) is 0. The van der Waals surface area contributed by atoms with E-state index in [0.29, 0.717) is 0 Å². The summed E-state index contributed by atoms with van der Waals surface area (Å²) in [7, 11) is 1.78. The van der Waals surface area contributed by atoms with Gasteiger partial charge in [-0.2, -0.15) is 5.10 Å². The molecule has 3 nitrogen and oxygen atoms in total. The third kappa shape index (κ3) is 1.18. The van der Waals surface area contributed by atoms with Crippen molar-refractivity contribution in [2.45, 2.75) is 6.92 Å². The van der Waals surface area contributed by atoms with Gasteiger partial charge in [-0.05, 0) is 13.0 Å². The highest BCUT2D eigenvalue weighted by atomic mass is 15.3. The Morgan fingerprint density at radius 1 is 1.70 bits per heavy atom. The number of rotatable bonds is 1. The average Bonchev–Trinajstić information content (AvgIpc) is 2.36. The molecule has 0 aromatic carbocycles. The smallest absolute Gasteiger partial charge is 0.107 e. The molecule has 0 saturated carbocycles. The monoisotopic (exact) mass is 137 g/mol. The predicted molar refractivity (Wildman–Crippen MR) is 42.5 cm³/mol. The molecular weight excluding hydrogens is 126 g/mol. The van der Waals surface area contributed by atoms with Crippen LogP contribution in [-0.2, 0) is 0 Å². The van der Waals surface area contributed by atoms with E-state index < -0.39 is 0 Å². The summed E-state index contributed by atoms with van der Waals surface area (Å²) in [5.74, 6) is 0. The first-order valence-electron chi connectivity index (χ1n) is 3.22. The Morgan fingerprint density at radius 2 is 2.50 bits per heavy atom. The first kappa shape index (κ1) is 6.86. The first-order chi connectivity index (χ1) is 4.88. The van der Waals surface area contributed by atoms with Crippen molar-refractivity contribution in [1.29, 1.82) is 0 Å². The standard InChI is InChI=1S/C7H11N3/c1-3-6-7(10-8-2)4-5-9-6/h3-5,8-9H,1-2H3/b6-3+,10-7-. The Kier molecular flexibility index (Phi) is 2.10. The third-order valence-corrected chi connectivity index (χ3v) is 1.28. The minimum Gasteiger partial charge on any atom is -0.360 e. The van der Waals surface area contributed by atoms with Crippen LogP contribution in [0.3, 0.4) is 0 Å². The average molecular weight is 137 g/mol. The van der Waals surface area contributed by atoms with Crippen LogP contribution in [0.15, 0.2) is 29.2 Å². The lowest BCUT2D eigenvalue weighted by molar-refractivity contribution is 0.901. The fraction of sp³-hybridized carbons (Fsp3) is 0.286. The molecule has 2 N–H and O–H groups in total. The van der Waals surface area contributed by atoms with E-state index in [1.54, 1.807) is 7.05 Å². The zero-order chi connectivity index (χ0) is 7.40. The molecule has 1 aliphatic rings. The van der Waals surface area contributed by atoms with Crippen molar-refractivity contribution in [1.82, 2.24) is 10.7 Å². The lowest BCUT2D eigenvalue weighted by Crippen LogP contribution is -2.08. The zero-order valence-corrected chi connectivity index (χ0v) is 6.18. The van der Waals surface area contributed by atoms with Crippen LogP contribution in [0, 0.1) is 0 Å². The molecule has 0 aromatic heterocycles. The van der Waals surface area contributed by atoms with Gasteiger partial charge in [0.05, 0.1) is 5.70 Å². The molecule has 3 heteroatoms. The van der Waals surface area contributed by atoms with Crippen LogP contribution in [0.5, 0.6) is 0 Å². The van der Waals surface area contributed by atoms with E-state index in [0.717, 1.165) is 11.4 Å². The van der Waals surface area contributed by atoms with Gasteiger partial charge in [0.25, 0.3) is 0 Å². The maximum absolute atomic E-state index is 4.02. The van der Waals surface area contributed by atoms with Gasteiger partial charge in [-0.1, -0.05) is 6.08 Å². The summed E-state index contributed by atoms with van der Waals surface area (Å²) in [4.78, 5) is 0. The summed E-state index contributed by atoms with van der Waals surface area (Å²) < 4.78 is 0. The van der Waals surface area contributed by atoms with Gasteiger partial charge in [-0.15, -0.1) is 0 Å². The maximum atomic E-state index is 4.02. The Morgan fingerprint density at radius 3 is 3.10 bits per heavy atom. The molecule has 0 fully saturated rings. The van der Waals surface area contributed by atoms with Crippen molar-refractivity contribution < 1.29 is 0 Å². The Balaban J connectivity index is 2.76. The SMILES string of the molecule is C/C=C1/NC=C/C1=N/NC. The molecule has 0 unspecified atom stereocenters. The molecule has 0 atom stereocenters. The number of hydrogen-bond donors (Lipinski definition) is 2. The van der Waals surface area contributed by atoms with Crippen LogP contribution >= 0.6 is 0 Å². The Labute approximate surface area is 60.5 Å². The molecule has 1 rings (SSSR count). The molecule has 0 aliphatic carbocycles. The normalized spacial score (nSPS) is 23.8. The van der Waals surface area contributed by atoms with E-state index in [1.165, 1.54) is 0 Å². The van der Waals surface area contributed by atoms with Gasteiger partial charge in [-0.3, -0.25) is 0 Å². The molecule has 0 aromatic rings. The van der Waals surface area contributed by atoms with Gasteiger partial charge >= 0.3 is 0 Å². The predicted octanol–water partition coefficient (Wildman–Crippen LogP) is 0.583. The summed E-state index contributed by atoms with van der Waals surface area (Å²) in [5, 5.41) is 7.08. The van der Waals surface area contributed by atoms with Crippen LogP contribution in [0.1, 0.15) is 6.92 Å². The number of nitrogens with zero attached hydrogens (tertiary/aromatic N) is 1. The van der Waals surface area contributed by atoms with Crippen LogP contribution in [0.25, 0.3) is 0 Å². The second-order valence-corrected chi connectivity index (χ2v) is 1.90. The first-order valence-corrected chi connectivity index (χ1v) is 3.22. The number of hydrogen-bond acceptors (Lipinski definition) is 3. The largest absolute Gasteiger partial charge is 0.360 e. The van der Waals surface area contributed by atoms with Crippen molar-refractivity contribution in [3.05, 3.63) is 24.0 Å². The highest BCUT2D eigenvalue weighted by Gasteiger charge is 2.05. The van der Waals surface area contributed by atoms with Crippen molar-refractivity contribution in [2.75, 3.05) is 7.05 Å². The van der Waals surface area contributed by atoms with Gasteiger partial charge in [0.2, 0.25) is 0 Å².